The van der Waals surface area contributed by atoms with Crippen LogP contribution in [0.25, 0.3) is 220 Å². The highest BCUT2D eigenvalue weighted by atomic mass is 28.3. The third-order valence-corrected chi connectivity index (χ3v) is 32.7. The van der Waals surface area contributed by atoms with Crippen LogP contribution in [-0.4, -0.2) is 44.6 Å². The van der Waals surface area contributed by atoms with Crippen LogP contribution in [0.3, 0.4) is 0 Å². The first kappa shape index (κ1) is 71.4. The zero-order chi connectivity index (χ0) is 84.3. The van der Waals surface area contributed by atoms with E-state index >= 15 is 0 Å². The van der Waals surface area contributed by atoms with Gasteiger partial charge in [-0.25, -0.2) is 0 Å². The summed E-state index contributed by atoms with van der Waals surface area (Å²) in [4.78, 5) is 0. The van der Waals surface area contributed by atoms with Gasteiger partial charge in [-0.05, 0) is 191 Å². The molecule has 0 fully saturated rings. The Hall–Kier alpha value is -17.0. The molecule has 8 aromatic heterocycles. The van der Waals surface area contributed by atoms with Gasteiger partial charge in [0.1, 0.15) is 0 Å². The third-order valence-electron chi connectivity index (χ3n) is 28.0. The van der Waals surface area contributed by atoms with E-state index in [2.05, 4.69) is 498 Å². The van der Waals surface area contributed by atoms with Gasteiger partial charge >= 0.3 is 0 Å². The molecule has 0 saturated heterocycles. The number of benzene rings is 20. The number of aromatic nitrogens is 8. The molecule has 0 radical (unpaired) electrons. The first-order valence-corrected chi connectivity index (χ1v) is 46.5. The van der Waals surface area contributed by atoms with Crippen molar-refractivity contribution in [2.24, 2.45) is 0 Å². The van der Waals surface area contributed by atoms with Crippen LogP contribution in [0.5, 0.6) is 0 Å². The fourth-order valence-corrected chi connectivity index (χ4v) is 27.8. The van der Waals surface area contributed by atoms with Crippen molar-refractivity contribution in [3.05, 3.63) is 461 Å². The van der Waals surface area contributed by atoms with E-state index in [0.717, 1.165) is 155 Å². The van der Waals surface area contributed by atoms with Crippen LogP contribution in [0, 0.1) is 0 Å². The molecule has 0 spiro atoms. The Morgan fingerprint density at radius 3 is 0.279 bits per heavy atom. The van der Waals surface area contributed by atoms with Crippen LogP contribution >= 0.6 is 0 Å². The summed E-state index contributed by atoms with van der Waals surface area (Å²) < 4.78 is 20.7. The minimum atomic E-state index is -4.64. The predicted octanol–water partition coefficient (Wildman–Crippen LogP) is 27.8. The van der Waals surface area contributed by atoms with Crippen LogP contribution in [0.4, 0.5) is 0 Å². The molecule has 0 aliphatic carbocycles. The highest BCUT2D eigenvalue weighted by Crippen LogP contribution is 2.44. The number of rotatable bonds is 12. The number of hydrogen-bond acceptors (Lipinski definition) is 0. The normalized spacial score (nSPS) is 12.3. The maximum atomic E-state index is 2.66. The molecule has 0 atom stereocenters. The average Bonchev–Trinajstić information content (AvgIpc) is 1.67. The van der Waals surface area contributed by atoms with Crippen LogP contribution < -0.4 is 20.7 Å². The van der Waals surface area contributed by atoms with Gasteiger partial charge in [0.05, 0.1) is 88.3 Å². The minimum Gasteiger partial charge on any atom is -0.309 e. The SMILES string of the molecule is c1ccc2c(c1)c1ccccc1n2-c1cc(-n2c3ccccc3c3ccccc32)cc([Si](c2cc(-n3c4ccccc4c4ccccc43)cc(-n3c4ccccc4c4ccccc43)c2)(c2cc(-n3c4ccccc4c4ccccc43)cc(-n3c4ccccc4c4ccccc43)c2)c2cc(-n3c4ccccc4c4ccccc43)cc(-n3c4ccccc4c4ccccc43)c2)c1. The zero-order valence-corrected chi connectivity index (χ0v) is 71.0. The highest BCUT2D eigenvalue weighted by Gasteiger charge is 2.46. The van der Waals surface area contributed by atoms with Crippen molar-refractivity contribution in [2.75, 3.05) is 0 Å². The van der Waals surface area contributed by atoms with Gasteiger partial charge < -0.3 is 36.5 Å². The Kier molecular flexibility index (Phi) is 15.2. The molecule has 0 amide bonds. The molecular weight excluding hydrogens is 1580 g/mol. The Morgan fingerprint density at radius 2 is 0.186 bits per heavy atom. The fourth-order valence-electron chi connectivity index (χ4n) is 22.9. The summed E-state index contributed by atoms with van der Waals surface area (Å²) in [7, 11) is -4.64. The summed E-state index contributed by atoms with van der Waals surface area (Å²) in [6, 6.07) is 176. The second kappa shape index (κ2) is 27.5. The molecular formula is C120H76N8Si. The van der Waals surface area contributed by atoms with Crippen molar-refractivity contribution in [3.63, 3.8) is 0 Å². The third kappa shape index (κ3) is 10.2. The Morgan fingerprint density at radius 1 is 0.101 bits per heavy atom. The summed E-state index contributed by atoms with van der Waals surface area (Å²) in [6.07, 6.45) is 0. The molecule has 0 saturated carbocycles. The molecule has 9 heteroatoms. The summed E-state index contributed by atoms with van der Waals surface area (Å²) in [5.41, 5.74) is 26.1. The molecule has 0 bridgehead atoms. The van der Waals surface area contributed by atoms with Gasteiger partial charge in [-0.1, -0.05) is 291 Å². The van der Waals surface area contributed by atoms with Gasteiger partial charge in [0.2, 0.25) is 0 Å². The van der Waals surface area contributed by atoms with Crippen LogP contribution in [-0.2, 0) is 0 Å². The predicted molar refractivity (Wildman–Crippen MR) is 545 cm³/mol. The Labute approximate surface area is 741 Å². The molecule has 28 aromatic rings. The highest BCUT2D eigenvalue weighted by molar-refractivity contribution is 7.20. The van der Waals surface area contributed by atoms with Gasteiger partial charge in [0, 0.05) is 132 Å². The van der Waals surface area contributed by atoms with Crippen LogP contribution in [0.1, 0.15) is 0 Å². The Balaban J connectivity index is 0.921. The van der Waals surface area contributed by atoms with Gasteiger partial charge in [-0.15, -0.1) is 0 Å². The second-order valence-electron chi connectivity index (χ2n) is 34.7. The number of para-hydroxylation sites is 16. The number of fused-ring (bicyclic) bond motifs is 24. The minimum absolute atomic E-state index is 1.03. The summed E-state index contributed by atoms with van der Waals surface area (Å²) in [5, 5.41) is 23.5. The molecule has 600 valence electrons. The smallest absolute Gasteiger partial charge is 0.180 e. The molecule has 8 nitrogen and oxygen atoms in total. The number of hydrogen-bond donors (Lipinski definition) is 0. The van der Waals surface area contributed by atoms with E-state index in [4.69, 9.17) is 0 Å². The van der Waals surface area contributed by atoms with Gasteiger partial charge in [0.15, 0.2) is 8.07 Å². The van der Waals surface area contributed by atoms with E-state index in [9.17, 15) is 0 Å². The molecule has 20 aromatic carbocycles. The van der Waals surface area contributed by atoms with Gasteiger partial charge in [-0.2, -0.15) is 0 Å². The summed E-state index contributed by atoms with van der Waals surface area (Å²) in [6.45, 7) is 0. The monoisotopic (exact) mass is 1660 g/mol. The Bertz CT molecular complexity index is 7580. The molecule has 0 aliphatic heterocycles. The van der Waals surface area contributed by atoms with Crippen LogP contribution in [0.15, 0.2) is 461 Å². The van der Waals surface area contributed by atoms with E-state index in [-0.39, 0.29) is 0 Å². The van der Waals surface area contributed by atoms with Crippen molar-refractivity contribution < 1.29 is 0 Å². The lowest BCUT2D eigenvalue weighted by atomic mass is 10.2. The van der Waals surface area contributed by atoms with Crippen molar-refractivity contribution in [1.82, 2.24) is 36.5 Å². The first-order chi connectivity index (χ1) is 64.0. The topological polar surface area (TPSA) is 39.4 Å². The molecule has 129 heavy (non-hydrogen) atoms. The maximum absolute atomic E-state index is 4.64. The van der Waals surface area contributed by atoms with Crippen molar-refractivity contribution >= 4 is 203 Å². The molecule has 0 aliphatic rings. The van der Waals surface area contributed by atoms with Crippen molar-refractivity contribution in [3.8, 4) is 45.5 Å². The van der Waals surface area contributed by atoms with Gasteiger partial charge in [0.25, 0.3) is 0 Å². The molecule has 0 unspecified atom stereocenters. The quantitative estimate of drug-likeness (QED) is 0.0864. The lowest BCUT2D eigenvalue weighted by molar-refractivity contribution is 1.13. The van der Waals surface area contributed by atoms with E-state index in [0.29, 0.717) is 0 Å². The van der Waals surface area contributed by atoms with Gasteiger partial charge in [-0.3, -0.25) is 0 Å². The molecule has 28 rings (SSSR count). The van der Waals surface area contributed by atoms with E-state index < -0.39 is 8.07 Å². The average molecular weight is 1660 g/mol. The van der Waals surface area contributed by atoms with E-state index in [1.807, 2.05) is 0 Å². The number of nitrogens with zero attached hydrogens (tertiary/aromatic N) is 8. The molecule has 8 heterocycles. The summed E-state index contributed by atoms with van der Waals surface area (Å²) in [5.74, 6) is 0. The van der Waals surface area contributed by atoms with E-state index in [1.54, 1.807) is 0 Å². The zero-order valence-electron chi connectivity index (χ0n) is 70.0. The lowest BCUT2D eigenvalue weighted by Crippen LogP contribution is -2.75. The van der Waals surface area contributed by atoms with Crippen molar-refractivity contribution in [1.29, 1.82) is 0 Å². The largest absolute Gasteiger partial charge is 0.309 e. The summed E-state index contributed by atoms with van der Waals surface area (Å²) >= 11 is 0. The lowest BCUT2D eigenvalue weighted by Gasteiger charge is -2.37. The molecule has 0 N–H and O–H groups in total. The fraction of sp³-hybridized carbons (Fsp3) is 0. The van der Waals surface area contributed by atoms with Crippen LogP contribution in [0.2, 0.25) is 0 Å². The van der Waals surface area contributed by atoms with Crippen molar-refractivity contribution in [2.45, 2.75) is 0 Å². The standard InChI is InChI=1S/C120H76N8Si/c1-17-49-105-89(33-1)90-34-2-18-50-106(90)121(105)77-65-78(122-107-51-19-3-35-91(107)92-36-4-20-52-108(92)122)70-85(69-77)129(86-71-79(123-109-53-21-5-37-93(109)94-38-6-22-54-110(94)123)66-80(72-86)124-111-55-23-7-39-95(111)96-40-8-24-56-112(96)124,87-73-81(125-113-57-25-9-41-97(113)98-42-10-26-58-114(98)125)67-82(74-87)126-115-59-27-11-43-99(115)100-44-12-28-60-116(100)126)88-75-83(127-117-61-29-13-45-101(117)102-46-14-30-62-118(102)127)68-84(76-88)128-119-63-31-15-47-103(119)104-48-16-32-64-120(104)128/h1-76H. The van der Waals surface area contributed by atoms with E-state index in [1.165, 1.54) is 86.2 Å². The first-order valence-electron chi connectivity index (χ1n) is 44.5. The second-order valence-corrected chi connectivity index (χ2v) is 38.5. The maximum Gasteiger partial charge on any atom is 0.180 e.